The number of rotatable bonds is 3. The number of aromatic nitrogens is 1. The summed E-state index contributed by atoms with van der Waals surface area (Å²) >= 11 is 2.11. The normalized spacial score (nSPS) is 23.1. The van der Waals surface area contributed by atoms with Gasteiger partial charge in [0.1, 0.15) is 12.8 Å². The molecule has 2 aromatic rings. The summed E-state index contributed by atoms with van der Waals surface area (Å²) in [5.41, 5.74) is 2.22. The Kier molecular flexibility index (Phi) is 3.82. The fraction of sp³-hybridized carbons (Fsp3) is 0.368. The zero-order valence-corrected chi connectivity index (χ0v) is 16.2. The van der Waals surface area contributed by atoms with Crippen LogP contribution in [0.5, 0.6) is 5.75 Å². The first kappa shape index (κ1) is 16.3. The molecule has 5 rings (SSSR count). The fourth-order valence-corrected chi connectivity index (χ4v) is 5.13. The molecule has 1 N–H and O–H groups in total. The highest BCUT2D eigenvalue weighted by Crippen LogP contribution is 2.41. The highest BCUT2D eigenvalue weighted by molar-refractivity contribution is 14.1. The molecule has 6 nitrogen and oxygen atoms in total. The number of halogens is 1. The topological polar surface area (TPSA) is 63.6 Å². The molecule has 0 aliphatic carbocycles. The zero-order valence-electron chi connectivity index (χ0n) is 14.1. The summed E-state index contributed by atoms with van der Waals surface area (Å²) in [6.45, 7) is 1.74. The summed E-state index contributed by atoms with van der Waals surface area (Å²) in [7, 11) is 0. The molecule has 1 fully saturated rings. The second-order valence-electron chi connectivity index (χ2n) is 6.92. The van der Waals surface area contributed by atoms with Gasteiger partial charge in [0.15, 0.2) is 11.4 Å². The SMILES string of the molecule is O=C1c2c(OCc3ccccc3)c(=O)c(I)c3n2C(CC3)C2NCCN12. The van der Waals surface area contributed by atoms with Crippen LogP contribution in [0.15, 0.2) is 35.1 Å². The van der Waals surface area contributed by atoms with Crippen molar-refractivity contribution in [1.82, 2.24) is 14.8 Å². The number of amides is 1. The Hall–Kier alpha value is -1.87. The van der Waals surface area contributed by atoms with E-state index in [0.29, 0.717) is 15.8 Å². The number of nitrogens with zero attached hydrogens (tertiary/aromatic N) is 2. The predicted molar refractivity (Wildman–Crippen MR) is 104 cm³/mol. The van der Waals surface area contributed by atoms with E-state index in [1.165, 1.54) is 0 Å². The first-order chi connectivity index (χ1) is 12.7. The second-order valence-corrected chi connectivity index (χ2v) is 7.99. The van der Waals surface area contributed by atoms with Gasteiger partial charge in [-0.3, -0.25) is 14.9 Å². The maximum Gasteiger partial charge on any atom is 0.275 e. The Bertz CT molecular complexity index is 957. The Labute approximate surface area is 164 Å². The van der Waals surface area contributed by atoms with E-state index in [0.717, 1.165) is 30.6 Å². The number of benzene rings is 1. The van der Waals surface area contributed by atoms with Gasteiger partial charge in [-0.1, -0.05) is 30.3 Å². The monoisotopic (exact) mass is 463 g/mol. The molecule has 4 heterocycles. The summed E-state index contributed by atoms with van der Waals surface area (Å²) in [5, 5.41) is 3.44. The van der Waals surface area contributed by atoms with Crippen LogP contribution in [0.1, 0.15) is 34.2 Å². The molecule has 2 unspecified atom stereocenters. The minimum Gasteiger partial charge on any atom is -0.483 e. The lowest BCUT2D eigenvalue weighted by Gasteiger charge is -2.37. The fourth-order valence-electron chi connectivity index (χ4n) is 4.35. The molecule has 1 saturated heterocycles. The number of carbonyl (C=O) groups excluding carboxylic acids is 1. The lowest BCUT2D eigenvalue weighted by Crippen LogP contribution is -2.51. The smallest absolute Gasteiger partial charge is 0.275 e. The van der Waals surface area contributed by atoms with Gasteiger partial charge in [0.25, 0.3) is 5.91 Å². The van der Waals surface area contributed by atoms with E-state index in [-0.39, 0.29) is 35.9 Å². The van der Waals surface area contributed by atoms with E-state index >= 15 is 0 Å². The Morgan fingerprint density at radius 3 is 2.85 bits per heavy atom. The van der Waals surface area contributed by atoms with Crippen molar-refractivity contribution in [3.63, 3.8) is 0 Å². The van der Waals surface area contributed by atoms with E-state index in [9.17, 15) is 9.59 Å². The highest BCUT2D eigenvalue weighted by atomic mass is 127. The van der Waals surface area contributed by atoms with Gasteiger partial charge >= 0.3 is 0 Å². The number of fused-ring (bicyclic) bond motifs is 2. The van der Waals surface area contributed by atoms with Crippen LogP contribution in [0, 0.1) is 3.57 Å². The van der Waals surface area contributed by atoms with Crippen LogP contribution in [0.3, 0.4) is 0 Å². The van der Waals surface area contributed by atoms with Gasteiger partial charge in [-0.15, -0.1) is 0 Å². The molecule has 3 aliphatic rings. The molecule has 0 bridgehead atoms. The lowest BCUT2D eigenvalue weighted by atomic mass is 10.1. The van der Waals surface area contributed by atoms with Crippen LogP contribution in [-0.2, 0) is 13.0 Å². The molecule has 1 aromatic heterocycles. The summed E-state index contributed by atoms with van der Waals surface area (Å²) in [6.07, 6.45) is 1.78. The van der Waals surface area contributed by atoms with Gasteiger partial charge in [0, 0.05) is 18.8 Å². The predicted octanol–water partition coefficient (Wildman–Crippen LogP) is 1.90. The third-order valence-electron chi connectivity index (χ3n) is 5.51. The van der Waals surface area contributed by atoms with Gasteiger partial charge < -0.3 is 14.2 Å². The summed E-state index contributed by atoms with van der Waals surface area (Å²) in [6, 6.07) is 9.88. The van der Waals surface area contributed by atoms with Crippen LogP contribution < -0.4 is 15.5 Å². The van der Waals surface area contributed by atoms with Crippen molar-refractivity contribution < 1.29 is 9.53 Å². The first-order valence-corrected chi connectivity index (χ1v) is 9.92. The van der Waals surface area contributed by atoms with E-state index in [4.69, 9.17) is 4.74 Å². The molecule has 1 aromatic carbocycles. The van der Waals surface area contributed by atoms with Crippen molar-refractivity contribution in [2.45, 2.75) is 31.7 Å². The number of pyridine rings is 1. The van der Waals surface area contributed by atoms with Crippen molar-refractivity contribution in [2.24, 2.45) is 0 Å². The zero-order chi connectivity index (χ0) is 17.8. The Morgan fingerprint density at radius 1 is 1.23 bits per heavy atom. The Morgan fingerprint density at radius 2 is 2.04 bits per heavy atom. The van der Waals surface area contributed by atoms with Crippen molar-refractivity contribution in [3.8, 4) is 5.75 Å². The van der Waals surface area contributed by atoms with E-state index in [1.54, 1.807) is 0 Å². The third-order valence-corrected chi connectivity index (χ3v) is 6.62. The largest absolute Gasteiger partial charge is 0.483 e. The third kappa shape index (κ3) is 2.26. The number of hydrogen-bond donors (Lipinski definition) is 1. The molecule has 0 spiro atoms. The van der Waals surface area contributed by atoms with Crippen LogP contribution >= 0.6 is 22.6 Å². The van der Waals surface area contributed by atoms with Crippen molar-refractivity contribution in [2.75, 3.05) is 13.1 Å². The molecule has 0 radical (unpaired) electrons. The van der Waals surface area contributed by atoms with Crippen LogP contribution in [0.4, 0.5) is 0 Å². The van der Waals surface area contributed by atoms with Gasteiger partial charge in [-0.2, -0.15) is 0 Å². The molecule has 26 heavy (non-hydrogen) atoms. The van der Waals surface area contributed by atoms with Gasteiger partial charge in [0.2, 0.25) is 5.43 Å². The van der Waals surface area contributed by atoms with Crippen molar-refractivity contribution >= 4 is 28.5 Å². The standard InChI is InChI=1S/C19H18IN3O3/c20-14-12-6-7-13-18-21-8-9-22(18)19(25)15(23(12)13)17(16(14)24)26-10-11-4-2-1-3-5-11/h1-5,13,18,21H,6-10H2. The molecule has 1 amide bonds. The second kappa shape index (κ2) is 6.09. The molecular weight excluding hydrogens is 445 g/mol. The molecule has 7 heteroatoms. The summed E-state index contributed by atoms with van der Waals surface area (Å²) in [4.78, 5) is 28.0. The van der Waals surface area contributed by atoms with Gasteiger partial charge in [-0.25, -0.2) is 0 Å². The highest BCUT2D eigenvalue weighted by Gasteiger charge is 2.47. The molecule has 0 saturated carbocycles. The molecule has 3 aliphatic heterocycles. The van der Waals surface area contributed by atoms with Crippen molar-refractivity contribution in [3.05, 3.63) is 61.1 Å². The van der Waals surface area contributed by atoms with E-state index in [1.807, 2.05) is 35.2 Å². The van der Waals surface area contributed by atoms with Crippen LogP contribution in [-0.4, -0.2) is 34.6 Å². The van der Waals surface area contributed by atoms with Gasteiger partial charge in [0.05, 0.1) is 9.61 Å². The number of ether oxygens (including phenoxy) is 1. The first-order valence-electron chi connectivity index (χ1n) is 8.85. The maximum absolute atomic E-state index is 13.2. The summed E-state index contributed by atoms with van der Waals surface area (Å²) in [5.74, 6) is 0.0974. The van der Waals surface area contributed by atoms with E-state index < -0.39 is 0 Å². The van der Waals surface area contributed by atoms with E-state index in [2.05, 4.69) is 32.5 Å². The van der Waals surface area contributed by atoms with Gasteiger partial charge in [-0.05, 0) is 41.0 Å². The number of nitrogens with one attached hydrogen (secondary N) is 1. The number of carbonyl (C=O) groups is 1. The average Bonchev–Trinajstić information content (AvgIpc) is 3.30. The maximum atomic E-state index is 13.2. The minimum atomic E-state index is -0.164. The molecular formula is C19H18IN3O3. The summed E-state index contributed by atoms with van der Waals surface area (Å²) < 4.78 is 8.70. The van der Waals surface area contributed by atoms with Crippen LogP contribution in [0.2, 0.25) is 0 Å². The molecule has 2 atom stereocenters. The molecule has 134 valence electrons. The average molecular weight is 463 g/mol. The van der Waals surface area contributed by atoms with Crippen LogP contribution in [0.25, 0.3) is 0 Å². The quantitative estimate of drug-likeness (QED) is 0.707. The number of hydrogen-bond acceptors (Lipinski definition) is 4. The Balaban J connectivity index is 1.64. The lowest BCUT2D eigenvalue weighted by molar-refractivity contribution is 0.0589. The minimum absolute atomic E-state index is 0.0246. The van der Waals surface area contributed by atoms with Crippen molar-refractivity contribution in [1.29, 1.82) is 0 Å².